The Morgan fingerprint density at radius 3 is 1.23 bits per heavy atom. The van der Waals surface area contributed by atoms with Crippen molar-refractivity contribution in [3.8, 4) is 22.5 Å². The fourth-order valence-corrected chi connectivity index (χ4v) is 8.38. The van der Waals surface area contributed by atoms with Crippen molar-refractivity contribution in [3.05, 3.63) is 188 Å². The van der Waals surface area contributed by atoms with Gasteiger partial charge in [-0.1, -0.05) is 103 Å². The van der Waals surface area contributed by atoms with E-state index in [0.29, 0.717) is 0 Å². The zero-order valence-electron chi connectivity index (χ0n) is 30.1. The molecular formula is C52H31NO3. The Kier molecular flexibility index (Phi) is 6.60. The predicted molar refractivity (Wildman–Crippen MR) is 231 cm³/mol. The summed E-state index contributed by atoms with van der Waals surface area (Å²) in [6.07, 6.45) is 0. The zero-order chi connectivity index (χ0) is 36.7. The third kappa shape index (κ3) is 4.93. The van der Waals surface area contributed by atoms with Crippen molar-refractivity contribution in [3.63, 3.8) is 0 Å². The van der Waals surface area contributed by atoms with Gasteiger partial charge in [-0.15, -0.1) is 0 Å². The van der Waals surface area contributed by atoms with Crippen molar-refractivity contribution in [1.29, 1.82) is 0 Å². The van der Waals surface area contributed by atoms with E-state index in [1.165, 1.54) is 10.8 Å². The fraction of sp³-hybridized carbons (Fsp3) is 0. The number of hydrogen-bond donors (Lipinski definition) is 0. The molecule has 0 fully saturated rings. The van der Waals surface area contributed by atoms with Gasteiger partial charge in [0.2, 0.25) is 0 Å². The average molecular weight is 718 g/mol. The molecule has 0 bridgehead atoms. The number of hydrogen-bond acceptors (Lipinski definition) is 4. The van der Waals surface area contributed by atoms with Gasteiger partial charge in [-0.3, -0.25) is 0 Å². The predicted octanol–water partition coefficient (Wildman–Crippen LogP) is 15.3. The Balaban J connectivity index is 0.964. The molecule has 0 aliphatic rings. The van der Waals surface area contributed by atoms with Crippen LogP contribution in [-0.4, -0.2) is 0 Å². The summed E-state index contributed by atoms with van der Waals surface area (Å²) in [5.74, 6) is 0.869. The monoisotopic (exact) mass is 717 g/mol. The largest absolute Gasteiger partial charge is 0.456 e. The molecule has 3 aromatic heterocycles. The third-order valence-corrected chi connectivity index (χ3v) is 11.2. The summed E-state index contributed by atoms with van der Waals surface area (Å²) >= 11 is 0. The number of nitrogens with zero attached hydrogens (tertiary/aromatic N) is 1. The van der Waals surface area contributed by atoms with E-state index in [0.717, 1.165) is 105 Å². The van der Waals surface area contributed by atoms with Gasteiger partial charge in [0.1, 0.15) is 33.7 Å². The quantitative estimate of drug-likeness (QED) is 0.178. The molecule has 0 saturated carbocycles. The lowest BCUT2D eigenvalue weighted by molar-refractivity contribution is 0.631. The van der Waals surface area contributed by atoms with Crippen LogP contribution in [0, 0.1) is 0 Å². The molecule has 0 radical (unpaired) electrons. The van der Waals surface area contributed by atoms with Crippen LogP contribution in [0.2, 0.25) is 0 Å². The normalized spacial score (nSPS) is 11.9. The van der Waals surface area contributed by atoms with E-state index in [-0.39, 0.29) is 0 Å². The highest BCUT2D eigenvalue weighted by Crippen LogP contribution is 2.42. The van der Waals surface area contributed by atoms with Crippen molar-refractivity contribution < 1.29 is 13.3 Å². The van der Waals surface area contributed by atoms with Crippen LogP contribution in [0.25, 0.3) is 98.8 Å². The van der Waals surface area contributed by atoms with Gasteiger partial charge in [0.05, 0.1) is 0 Å². The highest BCUT2D eigenvalue weighted by atomic mass is 16.3. The van der Waals surface area contributed by atoms with E-state index >= 15 is 0 Å². The molecule has 0 N–H and O–H groups in total. The lowest BCUT2D eigenvalue weighted by atomic mass is 10.0. The molecule has 4 heteroatoms. The van der Waals surface area contributed by atoms with E-state index in [1.54, 1.807) is 0 Å². The minimum absolute atomic E-state index is 0.843. The summed E-state index contributed by atoms with van der Waals surface area (Å²) in [5.41, 5.74) is 10.7. The van der Waals surface area contributed by atoms with Crippen LogP contribution >= 0.6 is 0 Å². The van der Waals surface area contributed by atoms with Crippen LogP contribution in [0.1, 0.15) is 0 Å². The number of fused-ring (bicyclic) bond motifs is 9. The van der Waals surface area contributed by atoms with Gasteiger partial charge in [0.25, 0.3) is 0 Å². The second kappa shape index (κ2) is 12.0. The highest BCUT2D eigenvalue weighted by molar-refractivity contribution is 6.12. The molecule has 9 aromatic carbocycles. The Morgan fingerprint density at radius 1 is 0.268 bits per heavy atom. The molecule has 3 heterocycles. The summed E-state index contributed by atoms with van der Waals surface area (Å²) in [5, 5.41) is 10.2. The highest BCUT2D eigenvalue weighted by Gasteiger charge is 2.19. The first-order valence-corrected chi connectivity index (χ1v) is 18.9. The van der Waals surface area contributed by atoms with Crippen LogP contribution < -0.4 is 4.90 Å². The number of anilines is 3. The molecule has 0 aliphatic heterocycles. The SMILES string of the molecule is c1ccc2cc3c(cc2c1)oc1cc(N(c2ccc(-c4ccc(-c5cc6ccccc6o5)cc4)cc2)c2ccc4c(c2)oc2cc5ccccc5cc24)ccc13. The van der Waals surface area contributed by atoms with Crippen molar-refractivity contribution in [2.45, 2.75) is 0 Å². The summed E-state index contributed by atoms with van der Waals surface area (Å²) in [7, 11) is 0. The topological polar surface area (TPSA) is 42.7 Å². The van der Waals surface area contributed by atoms with Gasteiger partial charge in [-0.05, 0) is 105 Å². The van der Waals surface area contributed by atoms with Gasteiger partial charge in [-0.25, -0.2) is 0 Å². The van der Waals surface area contributed by atoms with E-state index in [4.69, 9.17) is 13.3 Å². The first-order chi connectivity index (χ1) is 27.7. The molecule has 12 rings (SSSR count). The molecule has 0 aliphatic carbocycles. The molecule has 0 atom stereocenters. The molecule has 0 saturated heterocycles. The maximum Gasteiger partial charge on any atom is 0.137 e. The van der Waals surface area contributed by atoms with Gasteiger partial charge >= 0.3 is 0 Å². The molecule has 0 unspecified atom stereocenters. The van der Waals surface area contributed by atoms with Gasteiger partial charge < -0.3 is 18.2 Å². The Labute approximate surface area is 321 Å². The summed E-state index contributed by atoms with van der Waals surface area (Å²) in [6, 6.07) is 66.2. The molecule has 262 valence electrons. The Bertz CT molecular complexity index is 3290. The minimum atomic E-state index is 0.843. The number of rotatable bonds is 5. The van der Waals surface area contributed by atoms with Crippen LogP contribution in [0.15, 0.2) is 201 Å². The molecular weight excluding hydrogens is 687 g/mol. The summed E-state index contributed by atoms with van der Waals surface area (Å²) in [6.45, 7) is 0. The van der Waals surface area contributed by atoms with Crippen LogP contribution in [0.5, 0.6) is 0 Å². The van der Waals surface area contributed by atoms with E-state index in [1.807, 2.05) is 18.2 Å². The molecule has 56 heavy (non-hydrogen) atoms. The zero-order valence-corrected chi connectivity index (χ0v) is 30.1. The van der Waals surface area contributed by atoms with Gasteiger partial charge in [0, 0.05) is 61.7 Å². The lowest BCUT2D eigenvalue weighted by Crippen LogP contribution is -2.09. The molecule has 12 aromatic rings. The molecule has 4 nitrogen and oxygen atoms in total. The Hall–Kier alpha value is -7.56. The fourth-order valence-electron chi connectivity index (χ4n) is 8.38. The van der Waals surface area contributed by atoms with E-state index in [2.05, 4.69) is 175 Å². The van der Waals surface area contributed by atoms with Crippen LogP contribution in [-0.2, 0) is 0 Å². The van der Waals surface area contributed by atoms with Crippen molar-refractivity contribution in [2.75, 3.05) is 4.90 Å². The second-order valence-corrected chi connectivity index (χ2v) is 14.6. The van der Waals surface area contributed by atoms with Crippen LogP contribution in [0.3, 0.4) is 0 Å². The maximum atomic E-state index is 6.55. The maximum absolute atomic E-state index is 6.55. The van der Waals surface area contributed by atoms with E-state index < -0.39 is 0 Å². The third-order valence-electron chi connectivity index (χ3n) is 11.2. The lowest BCUT2D eigenvalue weighted by Gasteiger charge is -2.25. The standard InChI is InChI=1S/C52H31NO3/c1-3-9-37-27-49-45(25-35(37)7-1)43-23-21-41(30-51(43)55-49)53(42-22-24-44-46-26-36-8-2-4-10-38(36)28-50(46)56-52(44)31-42)40-19-17-33(18-20-40)32-13-15-34(16-14-32)48-29-39-11-5-6-12-47(39)54-48/h1-31H. The average Bonchev–Trinajstić information content (AvgIpc) is 3.95. The van der Waals surface area contributed by atoms with Crippen molar-refractivity contribution >= 4 is 93.5 Å². The van der Waals surface area contributed by atoms with Gasteiger partial charge in [0.15, 0.2) is 0 Å². The van der Waals surface area contributed by atoms with Gasteiger partial charge in [-0.2, -0.15) is 0 Å². The molecule has 0 amide bonds. The summed E-state index contributed by atoms with van der Waals surface area (Å²) < 4.78 is 19.2. The van der Waals surface area contributed by atoms with E-state index in [9.17, 15) is 0 Å². The number of furan rings is 3. The van der Waals surface area contributed by atoms with Crippen LogP contribution in [0.4, 0.5) is 17.1 Å². The Morgan fingerprint density at radius 2 is 0.696 bits per heavy atom. The van der Waals surface area contributed by atoms with Crippen molar-refractivity contribution in [1.82, 2.24) is 0 Å². The smallest absolute Gasteiger partial charge is 0.137 e. The second-order valence-electron chi connectivity index (χ2n) is 14.6. The van der Waals surface area contributed by atoms with Crippen molar-refractivity contribution in [2.24, 2.45) is 0 Å². The first-order valence-electron chi connectivity index (χ1n) is 18.9. The molecule has 0 spiro atoms. The summed E-state index contributed by atoms with van der Waals surface area (Å²) in [4.78, 5) is 2.28. The minimum Gasteiger partial charge on any atom is -0.456 e. The number of para-hydroxylation sites is 1. The first kappa shape index (κ1) is 30.9. The number of benzene rings is 9.